The average molecular weight is 432 g/mol. The Labute approximate surface area is 187 Å². The van der Waals surface area contributed by atoms with Crippen molar-refractivity contribution in [2.45, 2.75) is 18.3 Å². The molecule has 0 atom stereocenters. The fourth-order valence-electron chi connectivity index (χ4n) is 4.62. The number of amides is 1. The molecule has 0 spiro atoms. The van der Waals surface area contributed by atoms with Crippen molar-refractivity contribution >= 4 is 16.7 Å². The Morgan fingerprint density at radius 2 is 1.94 bits per heavy atom. The molecule has 1 heterocycles. The van der Waals surface area contributed by atoms with Crippen LogP contribution in [0, 0.1) is 17.1 Å². The van der Waals surface area contributed by atoms with E-state index in [0.717, 1.165) is 42.3 Å². The van der Waals surface area contributed by atoms with Crippen LogP contribution in [0.1, 0.15) is 34.3 Å². The van der Waals surface area contributed by atoms with Gasteiger partial charge < -0.3 is 15.0 Å². The monoisotopic (exact) mass is 431 g/mol. The molecule has 0 unspecified atom stereocenters. The minimum absolute atomic E-state index is 0.270. The van der Waals surface area contributed by atoms with Gasteiger partial charge in [0.25, 0.3) is 5.91 Å². The lowest BCUT2D eigenvalue weighted by Gasteiger charge is -2.41. The SMILES string of the molecule is COc1c(C#N)cc2ccccc2c1C(=O)NCC1(c2cccc(F)c2)CCN(C)CC1. The predicted molar refractivity (Wildman–Crippen MR) is 122 cm³/mol. The van der Waals surface area contributed by atoms with E-state index in [9.17, 15) is 14.4 Å². The molecule has 5 nitrogen and oxygen atoms in total. The van der Waals surface area contributed by atoms with Gasteiger partial charge in [-0.25, -0.2) is 4.39 Å². The molecule has 0 radical (unpaired) electrons. The first-order valence-corrected chi connectivity index (χ1v) is 10.7. The summed E-state index contributed by atoms with van der Waals surface area (Å²) in [6, 6.07) is 18.0. The van der Waals surface area contributed by atoms with Crippen LogP contribution < -0.4 is 10.1 Å². The summed E-state index contributed by atoms with van der Waals surface area (Å²) in [5.41, 5.74) is 1.20. The van der Waals surface area contributed by atoms with Crippen molar-refractivity contribution in [3.63, 3.8) is 0 Å². The van der Waals surface area contributed by atoms with Crippen molar-refractivity contribution in [2.24, 2.45) is 0 Å². The Bertz CT molecular complexity index is 1190. The van der Waals surface area contributed by atoms with Crippen molar-refractivity contribution < 1.29 is 13.9 Å². The molecule has 0 bridgehead atoms. The Morgan fingerprint density at radius 1 is 1.19 bits per heavy atom. The van der Waals surface area contributed by atoms with Crippen molar-refractivity contribution in [3.05, 3.63) is 77.1 Å². The first-order chi connectivity index (χ1) is 15.5. The van der Waals surface area contributed by atoms with Gasteiger partial charge in [0.2, 0.25) is 0 Å². The Balaban J connectivity index is 1.70. The van der Waals surface area contributed by atoms with Crippen LogP contribution in [0.4, 0.5) is 4.39 Å². The summed E-state index contributed by atoms with van der Waals surface area (Å²) in [6.45, 7) is 2.10. The lowest BCUT2D eigenvalue weighted by molar-refractivity contribution is 0.0926. The van der Waals surface area contributed by atoms with Crippen molar-refractivity contribution in [2.75, 3.05) is 33.8 Å². The lowest BCUT2D eigenvalue weighted by atomic mass is 9.72. The number of benzene rings is 3. The van der Waals surface area contributed by atoms with Gasteiger partial charge >= 0.3 is 0 Å². The van der Waals surface area contributed by atoms with Crippen LogP contribution in [-0.4, -0.2) is 44.6 Å². The number of nitriles is 1. The van der Waals surface area contributed by atoms with E-state index in [1.54, 1.807) is 18.2 Å². The van der Waals surface area contributed by atoms with Gasteiger partial charge in [-0.15, -0.1) is 0 Å². The number of hydrogen-bond acceptors (Lipinski definition) is 4. The average Bonchev–Trinajstić information content (AvgIpc) is 2.82. The molecule has 1 saturated heterocycles. The zero-order chi connectivity index (χ0) is 22.7. The summed E-state index contributed by atoms with van der Waals surface area (Å²) in [7, 11) is 3.53. The van der Waals surface area contributed by atoms with Crippen molar-refractivity contribution in [1.82, 2.24) is 10.2 Å². The van der Waals surface area contributed by atoms with Crippen LogP contribution in [0.3, 0.4) is 0 Å². The summed E-state index contributed by atoms with van der Waals surface area (Å²) in [5.74, 6) is -0.307. The Hall–Kier alpha value is -3.43. The standard InChI is InChI=1S/C26H26FN3O2/c1-30-12-10-26(11-13-30,20-7-5-8-21(27)15-20)17-29-25(31)23-22-9-4-3-6-18(22)14-19(16-28)24(23)32-2/h3-9,14-15H,10-13,17H2,1-2H3,(H,29,31). The van der Waals surface area contributed by atoms with E-state index in [4.69, 9.17) is 4.74 Å². The molecule has 6 heteroatoms. The summed E-state index contributed by atoms with van der Waals surface area (Å²) in [5, 5.41) is 14.2. The highest BCUT2D eigenvalue weighted by molar-refractivity contribution is 6.10. The van der Waals surface area contributed by atoms with Crippen LogP contribution >= 0.6 is 0 Å². The van der Waals surface area contributed by atoms with Crippen LogP contribution in [0.25, 0.3) is 10.8 Å². The zero-order valence-corrected chi connectivity index (χ0v) is 18.3. The molecule has 4 rings (SSSR count). The maximum Gasteiger partial charge on any atom is 0.255 e. The van der Waals surface area contributed by atoms with Gasteiger partial charge in [0.1, 0.15) is 17.6 Å². The molecule has 0 aliphatic carbocycles. The third-order valence-electron chi connectivity index (χ3n) is 6.52. The van der Waals surface area contributed by atoms with Crippen molar-refractivity contribution in [3.8, 4) is 11.8 Å². The summed E-state index contributed by atoms with van der Waals surface area (Å²) < 4.78 is 19.5. The second kappa shape index (κ2) is 8.97. The summed E-state index contributed by atoms with van der Waals surface area (Å²) >= 11 is 0. The van der Waals surface area contributed by atoms with Crippen LogP contribution in [0.5, 0.6) is 5.75 Å². The van der Waals surface area contributed by atoms with Crippen molar-refractivity contribution in [1.29, 1.82) is 5.26 Å². The van der Waals surface area contributed by atoms with E-state index in [1.807, 2.05) is 30.3 Å². The number of methoxy groups -OCH3 is 1. The summed E-state index contributed by atoms with van der Waals surface area (Å²) in [4.78, 5) is 15.7. The summed E-state index contributed by atoms with van der Waals surface area (Å²) in [6.07, 6.45) is 1.62. The number of ether oxygens (including phenoxy) is 1. The maximum atomic E-state index is 14.0. The molecule has 1 aliphatic heterocycles. The number of carbonyl (C=O) groups is 1. The maximum absolute atomic E-state index is 14.0. The molecular formula is C26H26FN3O2. The molecule has 0 saturated carbocycles. The predicted octanol–water partition coefficient (Wildman–Crippen LogP) is 4.25. The van der Waals surface area contributed by atoms with E-state index in [-0.39, 0.29) is 22.9 Å². The normalized spacial score (nSPS) is 15.8. The van der Waals surface area contributed by atoms with E-state index in [0.29, 0.717) is 17.7 Å². The van der Waals surface area contributed by atoms with Crippen LogP contribution in [0.2, 0.25) is 0 Å². The smallest absolute Gasteiger partial charge is 0.255 e. The number of halogens is 1. The van der Waals surface area contributed by atoms with E-state index >= 15 is 0 Å². The van der Waals surface area contributed by atoms with E-state index in [2.05, 4.69) is 23.3 Å². The molecular weight excluding hydrogens is 405 g/mol. The highest BCUT2D eigenvalue weighted by Crippen LogP contribution is 2.36. The zero-order valence-electron chi connectivity index (χ0n) is 18.3. The number of rotatable bonds is 5. The first-order valence-electron chi connectivity index (χ1n) is 10.7. The third kappa shape index (κ3) is 4.04. The quantitative estimate of drug-likeness (QED) is 0.656. The highest BCUT2D eigenvalue weighted by Gasteiger charge is 2.36. The molecule has 164 valence electrons. The van der Waals surface area contributed by atoms with Gasteiger partial charge in [0.05, 0.1) is 18.2 Å². The van der Waals surface area contributed by atoms with Crippen LogP contribution in [0.15, 0.2) is 54.6 Å². The number of carbonyl (C=O) groups excluding carboxylic acids is 1. The molecule has 3 aromatic rings. The van der Waals surface area contributed by atoms with Crippen LogP contribution in [-0.2, 0) is 5.41 Å². The van der Waals surface area contributed by atoms with E-state index in [1.165, 1.54) is 13.2 Å². The minimum Gasteiger partial charge on any atom is -0.495 e. The van der Waals surface area contributed by atoms with Gasteiger partial charge in [-0.05, 0) is 67.5 Å². The number of fused-ring (bicyclic) bond motifs is 1. The molecule has 1 N–H and O–H groups in total. The number of piperidine rings is 1. The minimum atomic E-state index is -0.361. The molecule has 1 amide bonds. The van der Waals surface area contributed by atoms with Gasteiger partial charge in [0, 0.05) is 12.0 Å². The Morgan fingerprint density at radius 3 is 2.62 bits per heavy atom. The van der Waals surface area contributed by atoms with Gasteiger partial charge in [-0.2, -0.15) is 5.26 Å². The van der Waals surface area contributed by atoms with Gasteiger partial charge in [0.15, 0.2) is 0 Å². The topological polar surface area (TPSA) is 65.4 Å². The molecule has 1 aliphatic rings. The highest BCUT2D eigenvalue weighted by atomic mass is 19.1. The lowest BCUT2D eigenvalue weighted by Crippen LogP contribution is -2.48. The third-order valence-corrected chi connectivity index (χ3v) is 6.52. The largest absolute Gasteiger partial charge is 0.495 e. The number of nitrogens with one attached hydrogen (secondary N) is 1. The van der Waals surface area contributed by atoms with Gasteiger partial charge in [-0.3, -0.25) is 4.79 Å². The number of hydrogen-bond donors (Lipinski definition) is 1. The second-order valence-corrected chi connectivity index (χ2v) is 8.44. The van der Waals surface area contributed by atoms with E-state index < -0.39 is 0 Å². The molecule has 1 fully saturated rings. The molecule has 0 aromatic heterocycles. The Kier molecular flexibility index (Phi) is 6.11. The first kappa shape index (κ1) is 21.8. The molecule has 3 aromatic carbocycles. The number of nitrogens with zero attached hydrogens (tertiary/aromatic N) is 2. The van der Waals surface area contributed by atoms with Gasteiger partial charge in [-0.1, -0.05) is 36.4 Å². The molecule has 32 heavy (non-hydrogen) atoms. The second-order valence-electron chi connectivity index (χ2n) is 8.44. The fraction of sp³-hybridized carbons (Fsp3) is 0.308. The fourth-order valence-corrected chi connectivity index (χ4v) is 4.62. The number of likely N-dealkylation sites (tertiary alicyclic amines) is 1.